The summed E-state index contributed by atoms with van der Waals surface area (Å²) in [5.41, 5.74) is -2.33. The van der Waals surface area contributed by atoms with Gasteiger partial charge in [0.05, 0.1) is 16.0 Å². The van der Waals surface area contributed by atoms with Crippen LogP contribution in [0.15, 0.2) is 24.0 Å². The van der Waals surface area contributed by atoms with Gasteiger partial charge < -0.3 is 9.47 Å². The maximum absolute atomic E-state index is 14.6. The number of amides is 1. The zero-order valence-corrected chi connectivity index (χ0v) is 16.9. The van der Waals surface area contributed by atoms with Crippen molar-refractivity contribution in [3.05, 3.63) is 40.4 Å². The third-order valence-corrected chi connectivity index (χ3v) is 4.32. The molecule has 1 aliphatic rings. The topological polar surface area (TPSA) is 65.1 Å². The molecule has 0 N–H and O–H groups in total. The maximum atomic E-state index is 14.6. The van der Waals surface area contributed by atoms with Crippen LogP contribution in [0.1, 0.15) is 40.2 Å². The van der Waals surface area contributed by atoms with Crippen LogP contribution < -0.4 is 0 Å². The second-order valence-corrected chi connectivity index (χ2v) is 8.04. The average molecular weight is 400 g/mol. The number of rotatable bonds is 5. The van der Waals surface area contributed by atoms with Crippen LogP contribution in [0.2, 0.25) is 5.02 Å². The highest BCUT2D eigenvalue weighted by molar-refractivity contribution is 6.35. The van der Waals surface area contributed by atoms with Crippen LogP contribution in [0.3, 0.4) is 0 Å². The lowest BCUT2D eigenvalue weighted by Crippen LogP contribution is -2.45. The van der Waals surface area contributed by atoms with Crippen molar-refractivity contribution in [2.24, 2.45) is 5.41 Å². The number of hydroxylamine groups is 2. The molecule has 0 atom stereocenters. The molecular formula is C19H23ClFNO5. The van der Waals surface area contributed by atoms with Gasteiger partial charge in [0.25, 0.3) is 5.91 Å². The number of esters is 1. The van der Waals surface area contributed by atoms with Crippen LogP contribution in [-0.2, 0) is 23.9 Å². The second kappa shape index (κ2) is 7.58. The van der Waals surface area contributed by atoms with Gasteiger partial charge in [0.1, 0.15) is 17.1 Å². The lowest BCUT2D eigenvalue weighted by Gasteiger charge is -2.32. The first-order valence-electron chi connectivity index (χ1n) is 8.30. The molecule has 1 aromatic rings. The largest absolute Gasteiger partial charge is 0.427 e. The Morgan fingerprint density at radius 3 is 2.44 bits per heavy atom. The summed E-state index contributed by atoms with van der Waals surface area (Å²) in [7, 11) is 1.40. The molecule has 2 rings (SSSR count). The Balaban J connectivity index is 2.67. The number of methoxy groups -OCH3 is 1. The standard InChI is InChI=1S/C19H23ClFNO5/c1-18(2,3)17(24)27-15-14(13-11(20)8-7-9-12(13)21)16(23)22(19(15,4)5)26-10-25-6/h7-9H,10H2,1-6H3. The van der Waals surface area contributed by atoms with Crippen molar-refractivity contribution in [2.75, 3.05) is 13.9 Å². The molecule has 0 radical (unpaired) electrons. The zero-order chi connectivity index (χ0) is 20.6. The molecule has 0 aromatic heterocycles. The highest BCUT2D eigenvalue weighted by atomic mass is 35.5. The van der Waals surface area contributed by atoms with E-state index in [4.69, 9.17) is 25.9 Å². The van der Waals surface area contributed by atoms with Gasteiger partial charge in [0.15, 0.2) is 6.79 Å². The van der Waals surface area contributed by atoms with E-state index in [1.807, 2.05) is 0 Å². The molecule has 0 saturated carbocycles. The second-order valence-electron chi connectivity index (χ2n) is 7.63. The molecule has 0 spiro atoms. The monoisotopic (exact) mass is 399 g/mol. The van der Waals surface area contributed by atoms with Crippen molar-refractivity contribution in [1.29, 1.82) is 0 Å². The van der Waals surface area contributed by atoms with E-state index in [2.05, 4.69) is 0 Å². The number of nitrogens with zero attached hydrogens (tertiary/aromatic N) is 1. The van der Waals surface area contributed by atoms with Crippen LogP contribution in [0.5, 0.6) is 0 Å². The lowest BCUT2D eigenvalue weighted by atomic mass is 9.95. The van der Waals surface area contributed by atoms with E-state index in [9.17, 15) is 14.0 Å². The molecule has 0 aliphatic carbocycles. The first-order chi connectivity index (χ1) is 12.4. The van der Waals surface area contributed by atoms with E-state index in [1.165, 1.54) is 25.3 Å². The van der Waals surface area contributed by atoms with Gasteiger partial charge >= 0.3 is 5.97 Å². The van der Waals surface area contributed by atoms with Crippen LogP contribution in [0.4, 0.5) is 4.39 Å². The molecule has 1 heterocycles. The Morgan fingerprint density at radius 2 is 1.93 bits per heavy atom. The molecule has 0 fully saturated rings. The maximum Gasteiger partial charge on any atom is 0.316 e. The molecule has 27 heavy (non-hydrogen) atoms. The fourth-order valence-electron chi connectivity index (χ4n) is 2.55. The minimum atomic E-state index is -1.20. The number of halogens is 2. The third-order valence-electron chi connectivity index (χ3n) is 4.01. The van der Waals surface area contributed by atoms with Gasteiger partial charge in [-0.2, -0.15) is 0 Å². The third kappa shape index (κ3) is 4.00. The van der Waals surface area contributed by atoms with Crippen LogP contribution in [-0.4, -0.2) is 36.4 Å². The lowest BCUT2D eigenvalue weighted by molar-refractivity contribution is -0.239. The molecular weight excluding hydrogens is 377 g/mol. The minimum absolute atomic E-state index is 0.0204. The first kappa shape index (κ1) is 21.3. The van der Waals surface area contributed by atoms with Crippen molar-refractivity contribution in [3.63, 3.8) is 0 Å². The number of carbonyl (C=O) groups excluding carboxylic acids is 2. The molecule has 148 valence electrons. The highest BCUT2D eigenvalue weighted by Gasteiger charge is 2.51. The van der Waals surface area contributed by atoms with Crippen molar-refractivity contribution in [3.8, 4) is 0 Å². The number of hydrogen-bond donors (Lipinski definition) is 0. The van der Waals surface area contributed by atoms with Crippen LogP contribution in [0, 0.1) is 11.2 Å². The first-order valence-corrected chi connectivity index (χ1v) is 8.68. The Kier molecular flexibility index (Phi) is 5.99. The van der Waals surface area contributed by atoms with Crippen LogP contribution >= 0.6 is 11.6 Å². The summed E-state index contributed by atoms with van der Waals surface area (Å²) >= 11 is 6.16. The normalized spacial score (nSPS) is 16.9. The van der Waals surface area contributed by atoms with E-state index < -0.39 is 28.6 Å². The van der Waals surface area contributed by atoms with E-state index in [1.54, 1.807) is 34.6 Å². The average Bonchev–Trinajstić information content (AvgIpc) is 2.72. The number of carbonyl (C=O) groups is 2. The Labute approximate surface area is 162 Å². The van der Waals surface area contributed by atoms with Crippen molar-refractivity contribution in [2.45, 2.75) is 40.2 Å². The molecule has 0 bridgehead atoms. The summed E-state index contributed by atoms with van der Waals surface area (Å²) in [6.45, 7) is 8.05. The summed E-state index contributed by atoms with van der Waals surface area (Å²) in [6.07, 6.45) is 0. The molecule has 0 unspecified atom stereocenters. The van der Waals surface area contributed by atoms with Gasteiger partial charge in [-0.1, -0.05) is 17.7 Å². The smallest absolute Gasteiger partial charge is 0.316 e. The Hall–Kier alpha value is -1.96. The highest BCUT2D eigenvalue weighted by Crippen LogP contribution is 2.44. The fourth-order valence-corrected chi connectivity index (χ4v) is 2.81. The van der Waals surface area contributed by atoms with E-state index in [0.717, 1.165) is 5.06 Å². The Bertz CT molecular complexity index is 778. The summed E-state index contributed by atoms with van der Waals surface area (Å²) in [4.78, 5) is 30.9. The van der Waals surface area contributed by atoms with E-state index >= 15 is 0 Å². The minimum Gasteiger partial charge on any atom is -0.427 e. The number of ether oxygens (including phenoxy) is 2. The van der Waals surface area contributed by atoms with Crippen molar-refractivity contribution < 1.29 is 28.3 Å². The SMILES string of the molecule is COCON1C(=O)C(c2c(F)cccc2Cl)=C(OC(=O)C(C)(C)C)C1(C)C. The van der Waals surface area contributed by atoms with Gasteiger partial charge in [-0.25, -0.2) is 14.3 Å². The quantitative estimate of drug-likeness (QED) is 0.554. The molecule has 1 amide bonds. The van der Waals surface area contributed by atoms with E-state index in [0.29, 0.717) is 0 Å². The zero-order valence-electron chi connectivity index (χ0n) is 16.2. The summed E-state index contributed by atoms with van der Waals surface area (Å²) in [5.74, 6) is -1.99. The summed E-state index contributed by atoms with van der Waals surface area (Å²) < 4.78 is 25.0. The van der Waals surface area contributed by atoms with Crippen LogP contribution in [0.25, 0.3) is 5.57 Å². The van der Waals surface area contributed by atoms with Gasteiger partial charge in [-0.05, 0) is 46.8 Å². The van der Waals surface area contributed by atoms with Crippen molar-refractivity contribution in [1.82, 2.24) is 5.06 Å². The summed E-state index contributed by atoms with van der Waals surface area (Å²) in [5, 5.41) is 1.02. The molecule has 0 saturated heterocycles. The van der Waals surface area contributed by atoms with Gasteiger partial charge in [0.2, 0.25) is 0 Å². The number of benzene rings is 1. The van der Waals surface area contributed by atoms with E-state index in [-0.39, 0.29) is 28.7 Å². The molecule has 8 heteroatoms. The molecule has 1 aromatic carbocycles. The summed E-state index contributed by atoms with van der Waals surface area (Å²) in [6, 6.07) is 4.05. The number of hydrogen-bond acceptors (Lipinski definition) is 5. The van der Waals surface area contributed by atoms with Gasteiger partial charge in [-0.3, -0.25) is 9.59 Å². The molecule has 1 aliphatic heterocycles. The Morgan fingerprint density at radius 1 is 1.30 bits per heavy atom. The van der Waals surface area contributed by atoms with Gasteiger partial charge in [-0.15, -0.1) is 0 Å². The van der Waals surface area contributed by atoms with Crippen molar-refractivity contribution >= 4 is 29.1 Å². The van der Waals surface area contributed by atoms with Gasteiger partial charge in [0, 0.05) is 12.7 Å². The fraction of sp³-hybridized carbons (Fsp3) is 0.474. The predicted molar refractivity (Wildman–Crippen MR) is 97.8 cm³/mol. The molecule has 6 nitrogen and oxygen atoms in total. The predicted octanol–water partition coefficient (Wildman–Crippen LogP) is 3.94.